The molecule has 2 atom stereocenters. The van der Waals surface area contributed by atoms with Crippen LogP contribution in [0.2, 0.25) is 0 Å². The summed E-state index contributed by atoms with van der Waals surface area (Å²) in [5.74, 6) is -0.0162. The summed E-state index contributed by atoms with van der Waals surface area (Å²) in [6.07, 6.45) is 3.40. The van der Waals surface area contributed by atoms with Crippen molar-refractivity contribution < 1.29 is 19.4 Å². The number of fused-ring (bicyclic) bond motifs is 1. The average Bonchev–Trinajstić information content (AvgIpc) is 2.61. The number of carbonyl (C=O) groups excluding carboxylic acids is 1. The molecule has 1 fully saturated rings. The average molecular weight is 345 g/mol. The van der Waals surface area contributed by atoms with Crippen LogP contribution in [0.15, 0.2) is 18.2 Å². The Morgan fingerprint density at radius 2 is 1.76 bits per heavy atom. The summed E-state index contributed by atoms with van der Waals surface area (Å²) in [7, 11) is 1.67. The van der Waals surface area contributed by atoms with E-state index in [4.69, 9.17) is 9.84 Å². The van der Waals surface area contributed by atoms with Crippen LogP contribution < -0.4 is 4.74 Å². The number of ether oxygens (including phenoxy) is 1. The summed E-state index contributed by atoms with van der Waals surface area (Å²) in [5.41, 5.74) is 2.43. The molecule has 1 saturated carbocycles. The monoisotopic (exact) mass is 345 g/mol. The highest BCUT2D eigenvalue weighted by molar-refractivity contribution is 5.80. The van der Waals surface area contributed by atoms with E-state index in [0.29, 0.717) is 25.7 Å². The summed E-state index contributed by atoms with van der Waals surface area (Å²) < 4.78 is 5.32. The fourth-order valence-electron chi connectivity index (χ4n) is 4.45. The van der Waals surface area contributed by atoms with E-state index in [1.807, 2.05) is 11.0 Å². The molecule has 0 aromatic heterocycles. The number of benzene rings is 1. The molecule has 2 aliphatic rings. The first-order valence-electron chi connectivity index (χ1n) is 9.14. The van der Waals surface area contributed by atoms with Gasteiger partial charge in [0.25, 0.3) is 0 Å². The fraction of sp³-hybridized carbons (Fsp3) is 0.600. The molecule has 0 bridgehead atoms. The number of nitrogens with zero attached hydrogens (tertiary/aromatic N) is 1. The van der Waals surface area contributed by atoms with E-state index in [9.17, 15) is 9.59 Å². The Kier molecular flexibility index (Phi) is 5.02. The Hall–Kier alpha value is -2.04. The van der Waals surface area contributed by atoms with Crippen LogP contribution in [0, 0.1) is 11.8 Å². The lowest BCUT2D eigenvalue weighted by Crippen LogP contribution is -2.48. The van der Waals surface area contributed by atoms with Gasteiger partial charge in [0.1, 0.15) is 5.75 Å². The van der Waals surface area contributed by atoms with E-state index in [-0.39, 0.29) is 29.8 Å². The van der Waals surface area contributed by atoms with Crippen molar-refractivity contribution >= 4 is 11.9 Å². The summed E-state index contributed by atoms with van der Waals surface area (Å²) in [6, 6.07) is 6.26. The minimum absolute atomic E-state index is 0.0364. The van der Waals surface area contributed by atoms with Crippen molar-refractivity contribution in [2.75, 3.05) is 7.11 Å². The number of carboxylic acids is 1. The summed E-state index contributed by atoms with van der Waals surface area (Å²) in [4.78, 5) is 26.3. The smallest absolute Gasteiger partial charge is 0.306 e. The predicted molar refractivity (Wildman–Crippen MR) is 94.5 cm³/mol. The van der Waals surface area contributed by atoms with Gasteiger partial charge in [0.15, 0.2) is 0 Å². The van der Waals surface area contributed by atoms with Crippen molar-refractivity contribution in [3.63, 3.8) is 0 Å². The molecule has 1 amide bonds. The lowest BCUT2D eigenvalue weighted by Gasteiger charge is -2.43. The van der Waals surface area contributed by atoms with Crippen molar-refractivity contribution in [1.29, 1.82) is 0 Å². The molecule has 0 spiro atoms. The summed E-state index contributed by atoms with van der Waals surface area (Å²) >= 11 is 0. The molecular weight excluding hydrogens is 318 g/mol. The van der Waals surface area contributed by atoms with Gasteiger partial charge in [0, 0.05) is 12.0 Å². The molecule has 136 valence electrons. The Morgan fingerprint density at radius 1 is 1.12 bits per heavy atom. The maximum Gasteiger partial charge on any atom is 0.306 e. The van der Waals surface area contributed by atoms with Crippen molar-refractivity contribution in [2.45, 2.75) is 58.0 Å². The number of amides is 1. The minimum Gasteiger partial charge on any atom is -0.497 e. The Labute approximate surface area is 149 Å². The summed E-state index contributed by atoms with van der Waals surface area (Å²) in [5, 5.41) is 9.14. The fourth-order valence-corrected chi connectivity index (χ4v) is 4.45. The van der Waals surface area contributed by atoms with Crippen LogP contribution in [-0.2, 0) is 16.0 Å². The van der Waals surface area contributed by atoms with Crippen molar-refractivity contribution in [3.05, 3.63) is 29.3 Å². The van der Waals surface area contributed by atoms with Crippen LogP contribution in [0.3, 0.4) is 0 Å². The second-order valence-electron chi connectivity index (χ2n) is 7.43. The van der Waals surface area contributed by atoms with Gasteiger partial charge in [-0.15, -0.1) is 0 Å². The third kappa shape index (κ3) is 3.37. The van der Waals surface area contributed by atoms with Gasteiger partial charge >= 0.3 is 5.97 Å². The highest BCUT2D eigenvalue weighted by Crippen LogP contribution is 2.38. The molecule has 1 aliphatic carbocycles. The summed E-state index contributed by atoms with van der Waals surface area (Å²) in [6.45, 7) is 4.18. The molecule has 5 heteroatoms. The second-order valence-corrected chi connectivity index (χ2v) is 7.43. The van der Waals surface area contributed by atoms with Crippen LogP contribution >= 0.6 is 0 Å². The highest BCUT2D eigenvalue weighted by atomic mass is 16.5. The van der Waals surface area contributed by atoms with Crippen molar-refractivity contribution in [2.24, 2.45) is 11.8 Å². The number of hydrogen-bond acceptors (Lipinski definition) is 3. The van der Waals surface area contributed by atoms with Gasteiger partial charge < -0.3 is 14.7 Å². The van der Waals surface area contributed by atoms with Crippen molar-refractivity contribution in [1.82, 2.24) is 4.90 Å². The zero-order chi connectivity index (χ0) is 18.1. The first kappa shape index (κ1) is 17.8. The molecule has 1 aliphatic heterocycles. The molecule has 2 unspecified atom stereocenters. The molecule has 1 heterocycles. The van der Waals surface area contributed by atoms with E-state index in [0.717, 1.165) is 12.2 Å². The Morgan fingerprint density at radius 3 is 2.36 bits per heavy atom. The molecule has 1 aromatic rings. The van der Waals surface area contributed by atoms with Crippen LogP contribution in [-0.4, -0.2) is 35.0 Å². The zero-order valence-electron chi connectivity index (χ0n) is 15.2. The van der Waals surface area contributed by atoms with E-state index < -0.39 is 5.97 Å². The van der Waals surface area contributed by atoms with Gasteiger partial charge in [-0.25, -0.2) is 0 Å². The Bertz CT molecular complexity index is 664. The number of methoxy groups -OCH3 is 1. The van der Waals surface area contributed by atoms with Gasteiger partial charge in [0.2, 0.25) is 5.91 Å². The first-order chi connectivity index (χ1) is 11.9. The van der Waals surface area contributed by atoms with Gasteiger partial charge in [-0.3, -0.25) is 9.59 Å². The normalized spacial score (nSPS) is 29.0. The zero-order valence-corrected chi connectivity index (χ0v) is 15.2. The molecule has 1 aromatic carbocycles. The van der Waals surface area contributed by atoms with E-state index in [1.54, 1.807) is 7.11 Å². The standard InChI is InChI=1S/C20H27NO4/c1-12-10-16-11-17(25-3)8-9-18(16)13(2)21(12)19(22)14-4-6-15(7-5-14)20(23)24/h8-9,11-15H,4-7,10H2,1-3H3,(H,23,24). The van der Waals surface area contributed by atoms with Crippen LogP contribution in [0.5, 0.6) is 5.75 Å². The van der Waals surface area contributed by atoms with E-state index >= 15 is 0 Å². The minimum atomic E-state index is -0.728. The van der Waals surface area contributed by atoms with Crippen molar-refractivity contribution in [3.8, 4) is 5.75 Å². The van der Waals surface area contributed by atoms with Gasteiger partial charge in [0.05, 0.1) is 19.1 Å². The molecular formula is C20H27NO4. The maximum atomic E-state index is 13.1. The third-order valence-electron chi connectivity index (χ3n) is 5.89. The number of aliphatic carboxylic acids is 1. The molecule has 3 rings (SSSR count). The molecule has 0 radical (unpaired) electrons. The molecule has 1 N–H and O–H groups in total. The van der Waals surface area contributed by atoms with Crippen LogP contribution in [0.4, 0.5) is 0 Å². The largest absolute Gasteiger partial charge is 0.497 e. The quantitative estimate of drug-likeness (QED) is 0.911. The SMILES string of the molecule is COc1ccc2c(c1)CC(C)N(C(=O)C1CCC(C(=O)O)CC1)C2C. The lowest BCUT2D eigenvalue weighted by atomic mass is 9.80. The second kappa shape index (κ2) is 7.06. The van der Waals surface area contributed by atoms with Gasteiger partial charge in [-0.05, 0) is 69.2 Å². The Balaban J connectivity index is 1.76. The number of rotatable bonds is 3. The van der Waals surface area contributed by atoms with Crippen LogP contribution in [0.1, 0.15) is 56.7 Å². The number of carbonyl (C=O) groups is 2. The van der Waals surface area contributed by atoms with E-state index in [1.165, 1.54) is 11.1 Å². The number of carboxylic acid groups (broad SMARTS) is 1. The van der Waals surface area contributed by atoms with Gasteiger partial charge in [-0.1, -0.05) is 6.07 Å². The van der Waals surface area contributed by atoms with Crippen LogP contribution in [0.25, 0.3) is 0 Å². The topological polar surface area (TPSA) is 66.8 Å². The molecule has 0 saturated heterocycles. The lowest BCUT2D eigenvalue weighted by molar-refractivity contribution is -0.147. The van der Waals surface area contributed by atoms with E-state index in [2.05, 4.69) is 26.0 Å². The number of hydrogen-bond donors (Lipinski definition) is 1. The molecule has 5 nitrogen and oxygen atoms in total. The predicted octanol–water partition coefficient (Wildman–Crippen LogP) is 3.42. The molecule has 25 heavy (non-hydrogen) atoms. The third-order valence-corrected chi connectivity index (χ3v) is 5.89. The van der Waals surface area contributed by atoms with Gasteiger partial charge in [-0.2, -0.15) is 0 Å². The highest BCUT2D eigenvalue weighted by Gasteiger charge is 2.38. The maximum absolute atomic E-state index is 13.1. The first-order valence-corrected chi connectivity index (χ1v) is 9.14.